The largest absolute Gasteiger partial charge is 0.427 e. The molecule has 0 aromatic heterocycles. The number of nitrogens with zero attached hydrogens (tertiary/aromatic N) is 1. The van der Waals surface area contributed by atoms with E-state index in [1.165, 1.54) is 6.92 Å². The molecule has 0 aliphatic carbocycles. The quantitative estimate of drug-likeness (QED) is 0.360. The van der Waals surface area contributed by atoms with Crippen LogP contribution in [0.15, 0.2) is 12.2 Å². The molecule has 0 heterocycles. The lowest BCUT2D eigenvalue weighted by Crippen LogP contribution is -2.12. The van der Waals surface area contributed by atoms with Gasteiger partial charge in [-0.1, -0.05) is 6.58 Å². The van der Waals surface area contributed by atoms with Crippen LogP contribution in [0, 0.1) is 11.3 Å². The second-order valence-corrected chi connectivity index (χ2v) is 2.18. The highest BCUT2D eigenvalue weighted by Crippen LogP contribution is 1.93. The Bertz CT molecular complexity index is 264. The minimum atomic E-state index is -0.725. The molecule has 0 aliphatic heterocycles. The summed E-state index contributed by atoms with van der Waals surface area (Å²) in [4.78, 5) is 21.2. The first-order valence-corrected chi connectivity index (χ1v) is 3.43. The van der Waals surface area contributed by atoms with Crippen LogP contribution < -0.4 is 0 Å². The zero-order chi connectivity index (χ0) is 10.3. The van der Waals surface area contributed by atoms with Crippen LogP contribution in [0.25, 0.3) is 0 Å². The molecule has 5 nitrogen and oxygen atoms in total. The molecule has 0 rings (SSSR count). The summed E-state index contributed by atoms with van der Waals surface area (Å²) in [5.41, 5.74) is 0.219. The molecule has 0 bridgehead atoms. The third-order valence-corrected chi connectivity index (χ3v) is 0.982. The van der Waals surface area contributed by atoms with E-state index in [-0.39, 0.29) is 12.0 Å². The lowest BCUT2D eigenvalue weighted by atomic mass is 10.4. The Hall–Kier alpha value is -1.83. The van der Waals surface area contributed by atoms with Gasteiger partial charge in [-0.3, -0.25) is 4.79 Å². The number of carbonyl (C=O) groups is 2. The van der Waals surface area contributed by atoms with Crippen LogP contribution in [0.2, 0.25) is 0 Å². The number of esters is 2. The van der Waals surface area contributed by atoms with Gasteiger partial charge in [-0.05, 0) is 6.92 Å². The van der Waals surface area contributed by atoms with E-state index in [0.29, 0.717) is 0 Å². The fourth-order valence-corrected chi connectivity index (χ4v) is 0.387. The van der Waals surface area contributed by atoms with Crippen molar-refractivity contribution in [1.29, 1.82) is 5.26 Å². The average molecular weight is 183 g/mol. The summed E-state index contributed by atoms with van der Waals surface area (Å²) in [6, 6.07) is 1.60. The molecule has 70 valence electrons. The maximum absolute atomic E-state index is 10.7. The van der Waals surface area contributed by atoms with Crippen molar-refractivity contribution in [2.24, 2.45) is 0 Å². The van der Waals surface area contributed by atoms with Gasteiger partial charge in [0.25, 0.3) is 0 Å². The first kappa shape index (κ1) is 11.2. The first-order valence-electron chi connectivity index (χ1n) is 3.43. The number of nitriles is 1. The highest BCUT2D eigenvalue weighted by atomic mass is 16.7. The van der Waals surface area contributed by atoms with Crippen LogP contribution in [0.5, 0.6) is 0 Å². The molecule has 0 fully saturated rings. The molecule has 0 amide bonds. The maximum atomic E-state index is 10.7. The van der Waals surface area contributed by atoms with Crippen LogP contribution in [-0.2, 0) is 19.1 Å². The Morgan fingerprint density at radius 2 is 2.08 bits per heavy atom. The Labute approximate surface area is 75.5 Å². The van der Waals surface area contributed by atoms with E-state index in [2.05, 4.69) is 16.1 Å². The number of hydrogen-bond acceptors (Lipinski definition) is 5. The van der Waals surface area contributed by atoms with Crippen LogP contribution in [0.1, 0.15) is 13.3 Å². The van der Waals surface area contributed by atoms with Crippen LogP contribution >= 0.6 is 0 Å². The Morgan fingerprint density at radius 3 is 2.54 bits per heavy atom. The van der Waals surface area contributed by atoms with E-state index in [9.17, 15) is 9.59 Å². The molecule has 0 unspecified atom stereocenters. The third-order valence-electron chi connectivity index (χ3n) is 0.982. The SMILES string of the molecule is C=C(C)C(=O)OCOC(=O)CC#N. The summed E-state index contributed by atoms with van der Waals surface area (Å²) in [6.07, 6.45) is -0.357. The third kappa shape index (κ3) is 5.44. The van der Waals surface area contributed by atoms with Gasteiger partial charge in [0, 0.05) is 5.57 Å². The second kappa shape index (κ2) is 5.77. The molecule has 0 atom stereocenters. The van der Waals surface area contributed by atoms with Crippen molar-refractivity contribution in [1.82, 2.24) is 0 Å². The lowest BCUT2D eigenvalue weighted by molar-refractivity contribution is -0.163. The molecule has 5 heteroatoms. The topological polar surface area (TPSA) is 76.4 Å². The fraction of sp³-hybridized carbons (Fsp3) is 0.375. The molecule has 0 radical (unpaired) electrons. The first-order chi connectivity index (χ1) is 6.07. The zero-order valence-electron chi connectivity index (χ0n) is 7.20. The number of hydrogen-bond donors (Lipinski definition) is 0. The summed E-state index contributed by atoms with van der Waals surface area (Å²) in [5.74, 6) is -1.36. The van der Waals surface area contributed by atoms with Gasteiger partial charge in [0.05, 0.1) is 6.07 Å². The van der Waals surface area contributed by atoms with Crippen molar-refractivity contribution in [2.45, 2.75) is 13.3 Å². The van der Waals surface area contributed by atoms with E-state index < -0.39 is 18.7 Å². The fourth-order valence-electron chi connectivity index (χ4n) is 0.387. The van der Waals surface area contributed by atoms with E-state index in [4.69, 9.17) is 5.26 Å². The summed E-state index contributed by atoms with van der Waals surface area (Å²) in [5, 5.41) is 8.06. The zero-order valence-corrected chi connectivity index (χ0v) is 7.20. The van der Waals surface area contributed by atoms with Gasteiger partial charge in [0.1, 0.15) is 6.42 Å². The molecule has 13 heavy (non-hydrogen) atoms. The van der Waals surface area contributed by atoms with Gasteiger partial charge in [0.15, 0.2) is 0 Å². The Kier molecular flexibility index (Phi) is 4.96. The van der Waals surface area contributed by atoms with Crippen molar-refractivity contribution < 1.29 is 19.1 Å². The molecule has 0 saturated carbocycles. The molecule has 0 aromatic carbocycles. The highest BCUT2D eigenvalue weighted by molar-refractivity contribution is 5.86. The average Bonchev–Trinajstić information content (AvgIpc) is 2.04. The van der Waals surface area contributed by atoms with E-state index in [0.717, 1.165) is 0 Å². The van der Waals surface area contributed by atoms with Crippen LogP contribution in [0.3, 0.4) is 0 Å². The van der Waals surface area contributed by atoms with Gasteiger partial charge in [-0.25, -0.2) is 4.79 Å². The number of rotatable bonds is 4. The van der Waals surface area contributed by atoms with Crippen LogP contribution in [0.4, 0.5) is 0 Å². The summed E-state index contributed by atoms with van der Waals surface area (Å²) >= 11 is 0. The van der Waals surface area contributed by atoms with Gasteiger partial charge in [-0.15, -0.1) is 0 Å². The molecule has 0 aliphatic rings. The van der Waals surface area contributed by atoms with Gasteiger partial charge in [0.2, 0.25) is 6.79 Å². The smallest absolute Gasteiger partial charge is 0.335 e. The van der Waals surface area contributed by atoms with E-state index >= 15 is 0 Å². The van der Waals surface area contributed by atoms with Crippen molar-refractivity contribution in [3.05, 3.63) is 12.2 Å². The van der Waals surface area contributed by atoms with Crippen molar-refractivity contribution in [3.63, 3.8) is 0 Å². The molecule has 0 aromatic rings. The van der Waals surface area contributed by atoms with E-state index in [1.807, 2.05) is 0 Å². The number of carbonyl (C=O) groups excluding carboxylic acids is 2. The van der Waals surface area contributed by atoms with Gasteiger partial charge >= 0.3 is 11.9 Å². The predicted octanol–water partition coefficient (Wildman–Crippen LogP) is 0.520. The molecular formula is C8H9NO4. The van der Waals surface area contributed by atoms with Crippen LogP contribution in [-0.4, -0.2) is 18.7 Å². The highest BCUT2D eigenvalue weighted by Gasteiger charge is 2.05. The van der Waals surface area contributed by atoms with Crippen molar-refractivity contribution in [3.8, 4) is 6.07 Å². The minimum absolute atomic E-state index is 0.219. The Morgan fingerprint density at radius 1 is 1.46 bits per heavy atom. The minimum Gasteiger partial charge on any atom is -0.427 e. The van der Waals surface area contributed by atoms with Crippen molar-refractivity contribution in [2.75, 3.05) is 6.79 Å². The molecule has 0 N–H and O–H groups in total. The second-order valence-electron chi connectivity index (χ2n) is 2.18. The predicted molar refractivity (Wildman–Crippen MR) is 42.1 cm³/mol. The van der Waals surface area contributed by atoms with Crippen molar-refractivity contribution >= 4 is 11.9 Å². The van der Waals surface area contributed by atoms with Gasteiger partial charge in [-0.2, -0.15) is 5.26 Å². The van der Waals surface area contributed by atoms with Gasteiger partial charge < -0.3 is 9.47 Å². The van der Waals surface area contributed by atoms with E-state index in [1.54, 1.807) is 6.07 Å². The summed E-state index contributed by atoms with van der Waals surface area (Å²) < 4.78 is 8.79. The maximum Gasteiger partial charge on any atom is 0.335 e. The summed E-state index contributed by atoms with van der Waals surface area (Å²) in [7, 11) is 0. The standard InChI is InChI=1S/C8H9NO4/c1-6(2)8(11)13-5-12-7(10)3-4-9/h1,3,5H2,2H3. The summed E-state index contributed by atoms with van der Waals surface area (Å²) in [6.45, 7) is 4.31. The molecular weight excluding hydrogens is 174 g/mol. The number of ether oxygens (including phenoxy) is 2. The molecule has 0 saturated heterocycles. The lowest BCUT2D eigenvalue weighted by Gasteiger charge is -2.03. The Balaban J connectivity index is 3.58. The monoisotopic (exact) mass is 183 g/mol. The molecule has 0 spiro atoms. The normalized spacial score (nSPS) is 8.31.